The standard InChI is InChI=1S/C33H28N6O6/c1-19(40)39-18-25(23-12-5-7-14-27(23)39)35-33(45)36-28(30(34)42)29(41)24-17-37(26-13-6-4-9-20(24)26)15-8-16-38-31(43)21-10-2-3-11-22(21)32(38)44/h2-7,9-14,17-18,28H,8,15-16H2,1H3,(H2,34,42)(H2,35,36,45). The van der Waals surface area contributed by atoms with Crippen molar-refractivity contribution in [2.75, 3.05) is 11.9 Å². The molecule has 12 nitrogen and oxygen atoms in total. The fourth-order valence-corrected chi connectivity index (χ4v) is 5.72. The number of imide groups is 1. The molecule has 1 atom stereocenters. The van der Waals surface area contributed by atoms with E-state index in [9.17, 15) is 28.8 Å². The third kappa shape index (κ3) is 5.22. The highest BCUT2D eigenvalue weighted by Gasteiger charge is 2.35. The second-order valence-corrected chi connectivity index (χ2v) is 10.7. The average molecular weight is 605 g/mol. The molecule has 45 heavy (non-hydrogen) atoms. The van der Waals surface area contributed by atoms with Crippen molar-refractivity contribution in [2.45, 2.75) is 25.9 Å². The van der Waals surface area contributed by atoms with Gasteiger partial charge in [-0.05, 0) is 30.7 Å². The minimum atomic E-state index is -1.69. The Morgan fingerprint density at radius 1 is 0.778 bits per heavy atom. The molecule has 5 amide bonds. The highest BCUT2D eigenvalue weighted by atomic mass is 16.2. The number of aryl methyl sites for hydroxylation is 1. The van der Waals surface area contributed by atoms with Crippen LogP contribution in [-0.4, -0.2) is 62.1 Å². The lowest BCUT2D eigenvalue weighted by molar-refractivity contribution is -0.118. The molecule has 0 fully saturated rings. The number of primary amides is 1. The number of Topliss-reactive ketones (excluding diaryl/α,β-unsaturated/α-hetero) is 1. The van der Waals surface area contributed by atoms with Crippen LogP contribution in [0.2, 0.25) is 0 Å². The molecule has 3 heterocycles. The molecule has 1 unspecified atom stereocenters. The number of nitrogens with zero attached hydrogens (tertiary/aromatic N) is 3. The molecule has 1 aliphatic heterocycles. The highest BCUT2D eigenvalue weighted by molar-refractivity contribution is 6.21. The van der Waals surface area contributed by atoms with Crippen LogP contribution in [0.5, 0.6) is 0 Å². The van der Waals surface area contributed by atoms with Crippen molar-refractivity contribution < 1.29 is 28.8 Å². The molecule has 3 aromatic carbocycles. The van der Waals surface area contributed by atoms with Gasteiger partial charge in [0.05, 0.1) is 22.3 Å². The Kier molecular flexibility index (Phi) is 7.47. The molecule has 0 bridgehead atoms. The van der Waals surface area contributed by atoms with Crippen LogP contribution in [0.4, 0.5) is 10.5 Å². The molecule has 0 saturated heterocycles. The Balaban J connectivity index is 1.19. The van der Waals surface area contributed by atoms with Gasteiger partial charge in [0.1, 0.15) is 0 Å². The topological polar surface area (TPSA) is 166 Å². The Morgan fingerprint density at radius 3 is 2.02 bits per heavy atom. The number of carbonyl (C=O) groups is 6. The molecule has 2 aromatic heterocycles. The Bertz CT molecular complexity index is 2020. The summed E-state index contributed by atoms with van der Waals surface area (Å²) in [6, 6.07) is 18.2. The molecule has 0 radical (unpaired) electrons. The number of carbonyl (C=O) groups excluding carboxylic acids is 6. The molecule has 0 saturated carbocycles. The summed E-state index contributed by atoms with van der Waals surface area (Å²) in [5.74, 6) is -2.71. The summed E-state index contributed by atoms with van der Waals surface area (Å²) in [6.45, 7) is 1.92. The number of fused-ring (bicyclic) bond motifs is 3. The number of anilines is 1. The lowest BCUT2D eigenvalue weighted by Crippen LogP contribution is -2.51. The van der Waals surface area contributed by atoms with E-state index in [0.717, 1.165) is 0 Å². The first-order chi connectivity index (χ1) is 21.7. The van der Waals surface area contributed by atoms with E-state index in [0.29, 0.717) is 51.6 Å². The van der Waals surface area contributed by atoms with Gasteiger partial charge in [-0.15, -0.1) is 0 Å². The van der Waals surface area contributed by atoms with Gasteiger partial charge >= 0.3 is 6.03 Å². The monoisotopic (exact) mass is 604 g/mol. The van der Waals surface area contributed by atoms with E-state index in [4.69, 9.17) is 5.73 Å². The third-order valence-corrected chi connectivity index (χ3v) is 7.83. The number of para-hydroxylation sites is 2. The van der Waals surface area contributed by atoms with Crippen LogP contribution in [0.15, 0.2) is 85.2 Å². The van der Waals surface area contributed by atoms with Crippen molar-refractivity contribution in [2.24, 2.45) is 5.73 Å². The minimum Gasteiger partial charge on any atom is -0.367 e. The van der Waals surface area contributed by atoms with Gasteiger partial charge in [-0.25, -0.2) is 4.79 Å². The molecule has 0 aliphatic carbocycles. The minimum absolute atomic E-state index is 0.170. The van der Waals surface area contributed by atoms with E-state index in [1.54, 1.807) is 83.6 Å². The van der Waals surface area contributed by atoms with Crippen LogP contribution in [0.1, 0.15) is 49.2 Å². The van der Waals surface area contributed by atoms with E-state index in [1.165, 1.54) is 22.6 Å². The van der Waals surface area contributed by atoms with E-state index >= 15 is 0 Å². The number of hydrogen-bond acceptors (Lipinski definition) is 6. The van der Waals surface area contributed by atoms with Crippen molar-refractivity contribution in [3.63, 3.8) is 0 Å². The van der Waals surface area contributed by atoms with Crippen molar-refractivity contribution in [1.29, 1.82) is 0 Å². The summed E-state index contributed by atoms with van der Waals surface area (Å²) < 4.78 is 3.18. The lowest BCUT2D eigenvalue weighted by Gasteiger charge is -2.15. The van der Waals surface area contributed by atoms with Gasteiger partial charge in [-0.3, -0.25) is 33.4 Å². The predicted molar refractivity (Wildman–Crippen MR) is 166 cm³/mol. The van der Waals surface area contributed by atoms with Crippen molar-refractivity contribution in [3.8, 4) is 0 Å². The maximum atomic E-state index is 13.7. The van der Waals surface area contributed by atoms with Crippen molar-refractivity contribution >= 4 is 62.9 Å². The van der Waals surface area contributed by atoms with E-state index < -0.39 is 23.8 Å². The summed E-state index contributed by atoms with van der Waals surface area (Å²) in [6.07, 6.45) is 3.44. The van der Waals surface area contributed by atoms with Gasteiger partial charge in [0, 0.05) is 54.3 Å². The Hall–Kier alpha value is -6.04. The second kappa shape index (κ2) is 11.6. The van der Waals surface area contributed by atoms with Gasteiger partial charge in [0.25, 0.3) is 11.8 Å². The molecule has 6 rings (SSSR count). The zero-order valence-corrected chi connectivity index (χ0v) is 24.2. The van der Waals surface area contributed by atoms with Gasteiger partial charge in [0.2, 0.25) is 11.8 Å². The fourth-order valence-electron chi connectivity index (χ4n) is 5.72. The Morgan fingerprint density at radius 2 is 1.38 bits per heavy atom. The van der Waals surface area contributed by atoms with Gasteiger partial charge in [-0.2, -0.15) is 0 Å². The normalized spacial score (nSPS) is 13.2. The number of benzene rings is 3. The number of nitrogens with two attached hydrogens (primary N) is 1. The molecule has 4 N–H and O–H groups in total. The molecular weight excluding hydrogens is 576 g/mol. The summed E-state index contributed by atoms with van der Waals surface area (Å²) in [4.78, 5) is 78.0. The van der Waals surface area contributed by atoms with Gasteiger partial charge in [-0.1, -0.05) is 48.5 Å². The number of nitrogens with one attached hydrogen (secondary N) is 2. The third-order valence-electron chi connectivity index (χ3n) is 7.83. The first-order valence-electron chi connectivity index (χ1n) is 14.2. The SMILES string of the molecule is CC(=O)n1cc(NC(=O)NC(C(N)=O)C(=O)c2cn(CCCN3C(=O)c4ccccc4C3=O)c3ccccc23)c2ccccc21. The van der Waals surface area contributed by atoms with Crippen LogP contribution in [0.25, 0.3) is 21.8 Å². The maximum Gasteiger partial charge on any atom is 0.320 e. The van der Waals surface area contributed by atoms with Crippen LogP contribution < -0.4 is 16.4 Å². The highest BCUT2D eigenvalue weighted by Crippen LogP contribution is 2.27. The van der Waals surface area contributed by atoms with E-state index in [2.05, 4.69) is 10.6 Å². The predicted octanol–water partition coefficient (Wildman–Crippen LogP) is 3.80. The largest absolute Gasteiger partial charge is 0.367 e. The lowest BCUT2D eigenvalue weighted by atomic mass is 10.0. The van der Waals surface area contributed by atoms with E-state index in [1.807, 2.05) is 0 Å². The fraction of sp³-hybridized carbons (Fsp3) is 0.152. The van der Waals surface area contributed by atoms with Gasteiger partial charge in [0.15, 0.2) is 11.8 Å². The smallest absolute Gasteiger partial charge is 0.320 e. The first kappa shape index (κ1) is 29.1. The number of aromatic nitrogens is 2. The Labute approximate surface area is 256 Å². The zero-order chi connectivity index (χ0) is 31.8. The molecule has 0 spiro atoms. The molecule has 5 aromatic rings. The quantitative estimate of drug-likeness (QED) is 0.132. The summed E-state index contributed by atoms with van der Waals surface area (Å²) in [5.41, 5.74) is 8.09. The number of urea groups is 1. The second-order valence-electron chi connectivity index (χ2n) is 10.7. The average Bonchev–Trinajstić information content (AvgIpc) is 3.67. The molecule has 226 valence electrons. The van der Waals surface area contributed by atoms with Crippen LogP contribution in [-0.2, 0) is 11.3 Å². The molecular formula is C33H28N6O6. The first-order valence-corrected chi connectivity index (χ1v) is 14.2. The zero-order valence-electron chi connectivity index (χ0n) is 24.2. The summed E-state index contributed by atoms with van der Waals surface area (Å²) >= 11 is 0. The van der Waals surface area contributed by atoms with Crippen LogP contribution in [0, 0.1) is 0 Å². The summed E-state index contributed by atoms with van der Waals surface area (Å²) in [7, 11) is 0. The molecule has 12 heteroatoms. The number of amides is 5. The number of ketones is 1. The van der Waals surface area contributed by atoms with Gasteiger partial charge < -0.3 is 20.9 Å². The van der Waals surface area contributed by atoms with Crippen molar-refractivity contribution in [3.05, 3.63) is 102 Å². The number of rotatable bonds is 9. The summed E-state index contributed by atoms with van der Waals surface area (Å²) in [5, 5.41) is 6.13. The molecule has 1 aliphatic rings. The number of hydrogen-bond donors (Lipinski definition) is 3. The van der Waals surface area contributed by atoms with Crippen LogP contribution in [0.3, 0.4) is 0 Å². The van der Waals surface area contributed by atoms with E-state index in [-0.39, 0.29) is 29.8 Å². The maximum absolute atomic E-state index is 13.7. The van der Waals surface area contributed by atoms with Crippen molar-refractivity contribution in [1.82, 2.24) is 19.4 Å². The van der Waals surface area contributed by atoms with Crippen LogP contribution >= 0.6 is 0 Å².